The van der Waals surface area contributed by atoms with Crippen molar-refractivity contribution in [1.82, 2.24) is 0 Å². The lowest BCUT2D eigenvalue weighted by Gasteiger charge is -2.12. The molecule has 2 aromatic carbocycles. The Morgan fingerprint density at radius 2 is 2.00 bits per heavy atom. The van der Waals surface area contributed by atoms with Gasteiger partial charge in [0.25, 0.3) is 10.0 Å². The van der Waals surface area contributed by atoms with E-state index in [-0.39, 0.29) is 15.2 Å². The molecular weight excluding hydrogens is 429 g/mol. The van der Waals surface area contributed by atoms with Crippen LogP contribution < -0.4 is 9.46 Å². The van der Waals surface area contributed by atoms with Gasteiger partial charge in [0.2, 0.25) is 0 Å². The fourth-order valence-electron chi connectivity index (χ4n) is 1.84. The summed E-state index contributed by atoms with van der Waals surface area (Å²) in [6.07, 6.45) is 0. The van der Waals surface area contributed by atoms with Gasteiger partial charge in [0.1, 0.15) is 16.5 Å². The summed E-state index contributed by atoms with van der Waals surface area (Å²) in [6.45, 7) is 0. The van der Waals surface area contributed by atoms with Crippen molar-refractivity contribution in [1.29, 1.82) is 0 Å². The predicted octanol–water partition coefficient (Wildman–Crippen LogP) is 3.75. The number of hydrogen-bond donors (Lipinski definition) is 2. The lowest BCUT2D eigenvalue weighted by atomic mass is 10.2. The van der Waals surface area contributed by atoms with E-state index < -0.39 is 32.3 Å². The SMILES string of the molecule is COc1ccc(NS(=O)(=O)c2cc(C(=O)O)c(F)cc2Br)cc1Cl. The van der Waals surface area contributed by atoms with E-state index in [1.165, 1.54) is 25.3 Å². The van der Waals surface area contributed by atoms with Crippen LogP contribution in [0.15, 0.2) is 39.7 Å². The summed E-state index contributed by atoms with van der Waals surface area (Å²) in [5, 5.41) is 9.11. The van der Waals surface area contributed by atoms with Gasteiger partial charge in [-0.2, -0.15) is 0 Å². The molecule has 0 aliphatic heterocycles. The number of nitrogens with one attached hydrogen (secondary N) is 1. The summed E-state index contributed by atoms with van der Waals surface area (Å²) in [4.78, 5) is 10.6. The van der Waals surface area contributed by atoms with Crippen molar-refractivity contribution < 1.29 is 27.4 Å². The summed E-state index contributed by atoms with van der Waals surface area (Å²) < 4.78 is 45.6. The van der Waals surface area contributed by atoms with E-state index in [0.717, 1.165) is 12.1 Å². The number of anilines is 1. The van der Waals surface area contributed by atoms with Gasteiger partial charge in [-0.3, -0.25) is 4.72 Å². The number of carboxylic acid groups (broad SMARTS) is 1. The predicted molar refractivity (Wildman–Crippen MR) is 89.9 cm³/mol. The minimum Gasteiger partial charge on any atom is -0.495 e. The zero-order valence-corrected chi connectivity index (χ0v) is 15.2. The number of halogens is 3. The minimum atomic E-state index is -4.18. The number of carbonyl (C=O) groups is 1. The lowest BCUT2D eigenvalue weighted by Crippen LogP contribution is -2.15. The summed E-state index contributed by atoms with van der Waals surface area (Å²) in [5.41, 5.74) is -0.625. The molecule has 0 heterocycles. The van der Waals surface area contributed by atoms with Gasteiger partial charge >= 0.3 is 5.97 Å². The Balaban J connectivity index is 2.46. The molecule has 0 radical (unpaired) electrons. The van der Waals surface area contributed by atoms with E-state index in [1.54, 1.807) is 0 Å². The number of aromatic carboxylic acids is 1. The van der Waals surface area contributed by atoms with Gasteiger partial charge in [0.15, 0.2) is 0 Å². The molecule has 0 unspecified atom stereocenters. The molecule has 2 aromatic rings. The highest BCUT2D eigenvalue weighted by Crippen LogP contribution is 2.30. The first-order valence-corrected chi connectivity index (χ1v) is 8.90. The lowest BCUT2D eigenvalue weighted by molar-refractivity contribution is 0.0691. The molecule has 2 N–H and O–H groups in total. The number of benzene rings is 2. The Hall–Kier alpha value is -1.84. The molecule has 0 saturated heterocycles. The Morgan fingerprint density at radius 3 is 2.54 bits per heavy atom. The summed E-state index contributed by atoms with van der Waals surface area (Å²) in [6, 6.07) is 5.71. The van der Waals surface area contributed by atoms with Gasteiger partial charge < -0.3 is 9.84 Å². The van der Waals surface area contributed by atoms with E-state index in [1.807, 2.05) is 0 Å². The standard InChI is InChI=1S/C14H10BrClFNO5S/c1-23-12-3-2-7(4-10(12)16)18-24(21,22)13-5-8(14(19)20)11(17)6-9(13)15/h2-6,18H,1H3,(H,19,20). The second-order valence-electron chi connectivity index (χ2n) is 4.52. The monoisotopic (exact) mass is 437 g/mol. The summed E-state index contributed by atoms with van der Waals surface area (Å²) in [7, 11) is -2.77. The number of carboxylic acids is 1. The Morgan fingerprint density at radius 1 is 1.33 bits per heavy atom. The highest BCUT2D eigenvalue weighted by Gasteiger charge is 2.23. The van der Waals surface area contributed by atoms with Gasteiger partial charge in [-0.25, -0.2) is 17.6 Å². The van der Waals surface area contributed by atoms with Gasteiger partial charge in [-0.15, -0.1) is 0 Å². The minimum absolute atomic E-state index is 0.114. The van der Waals surface area contributed by atoms with Crippen molar-refractivity contribution in [3.8, 4) is 5.75 Å². The van der Waals surface area contributed by atoms with E-state index >= 15 is 0 Å². The summed E-state index contributed by atoms with van der Waals surface area (Å²) in [5.74, 6) is -2.28. The molecule has 0 amide bonds. The third-order valence-corrected chi connectivity index (χ3v) is 5.58. The second kappa shape index (κ2) is 6.96. The summed E-state index contributed by atoms with van der Waals surface area (Å²) >= 11 is 8.85. The molecular formula is C14H10BrClFNO5S. The number of sulfonamides is 1. The molecule has 0 spiro atoms. The van der Waals surface area contributed by atoms with Crippen LogP contribution in [0, 0.1) is 5.82 Å². The first-order valence-electron chi connectivity index (χ1n) is 6.24. The van der Waals surface area contributed by atoms with Gasteiger partial charge in [-0.05, 0) is 46.3 Å². The molecule has 6 nitrogen and oxygen atoms in total. The van der Waals surface area contributed by atoms with E-state index in [9.17, 15) is 17.6 Å². The van der Waals surface area contributed by atoms with Crippen LogP contribution in [0.5, 0.6) is 5.75 Å². The van der Waals surface area contributed by atoms with E-state index in [4.69, 9.17) is 21.4 Å². The van der Waals surface area contributed by atoms with Gasteiger partial charge in [0.05, 0.1) is 23.4 Å². The number of rotatable bonds is 5. The van der Waals surface area contributed by atoms with Crippen molar-refractivity contribution in [2.45, 2.75) is 4.90 Å². The zero-order chi connectivity index (χ0) is 18.1. The van der Waals surface area contributed by atoms with Gasteiger partial charge in [0, 0.05) is 4.47 Å². The van der Waals surface area contributed by atoms with Crippen LogP contribution in [0.2, 0.25) is 5.02 Å². The molecule has 0 fully saturated rings. The molecule has 10 heteroatoms. The van der Waals surface area contributed by atoms with Crippen LogP contribution in [0.25, 0.3) is 0 Å². The third kappa shape index (κ3) is 3.80. The van der Waals surface area contributed by atoms with E-state index in [0.29, 0.717) is 5.75 Å². The van der Waals surface area contributed by atoms with Crippen molar-refractivity contribution in [2.75, 3.05) is 11.8 Å². The zero-order valence-electron chi connectivity index (χ0n) is 12.0. The molecule has 0 aliphatic carbocycles. The number of ether oxygens (including phenoxy) is 1. The number of hydrogen-bond acceptors (Lipinski definition) is 4. The largest absolute Gasteiger partial charge is 0.495 e. The van der Waals surface area contributed by atoms with Crippen LogP contribution in [0.4, 0.5) is 10.1 Å². The second-order valence-corrected chi connectivity index (χ2v) is 7.43. The van der Waals surface area contributed by atoms with Crippen molar-refractivity contribution in [3.63, 3.8) is 0 Å². The normalized spacial score (nSPS) is 11.2. The molecule has 0 aliphatic rings. The Kier molecular flexibility index (Phi) is 5.36. The highest BCUT2D eigenvalue weighted by atomic mass is 79.9. The Bertz CT molecular complexity index is 920. The number of methoxy groups -OCH3 is 1. The molecule has 0 saturated carbocycles. The van der Waals surface area contributed by atoms with Crippen LogP contribution >= 0.6 is 27.5 Å². The van der Waals surface area contributed by atoms with Crippen molar-refractivity contribution in [3.05, 3.63) is 51.2 Å². The van der Waals surface area contributed by atoms with Crippen molar-refractivity contribution in [2.24, 2.45) is 0 Å². The van der Waals surface area contributed by atoms with Gasteiger partial charge in [-0.1, -0.05) is 11.6 Å². The fraction of sp³-hybridized carbons (Fsp3) is 0.0714. The molecule has 128 valence electrons. The van der Waals surface area contributed by atoms with Crippen LogP contribution in [0.3, 0.4) is 0 Å². The molecule has 24 heavy (non-hydrogen) atoms. The van der Waals surface area contributed by atoms with Crippen LogP contribution in [-0.2, 0) is 10.0 Å². The maximum absolute atomic E-state index is 13.6. The topological polar surface area (TPSA) is 92.7 Å². The average Bonchev–Trinajstić information content (AvgIpc) is 2.46. The van der Waals surface area contributed by atoms with Crippen molar-refractivity contribution >= 4 is 49.2 Å². The molecule has 0 atom stereocenters. The van der Waals surface area contributed by atoms with Crippen LogP contribution in [-0.4, -0.2) is 26.6 Å². The maximum atomic E-state index is 13.6. The smallest absolute Gasteiger partial charge is 0.338 e. The van der Waals surface area contributed by atoms with Crippen LogP contribution in [0.1, 0.15) is 10.4 Å². The maximum Gasteiger partial charge on any atom is 0.338 e. The fourth-order valence-corrected chi connectivity index (χ4v) is 4.19. The quantitative estimate of drug-likeness (QED) is 0.742. The molecule has 0 aromatic heterocycles. The first kappa shape index (κ1) is 18.5. The molecule has 0 bridgehead atoms. The third-order valence-electron chi connectivity index (χ3n) is 2.95. The first-order chi connectivity index (χ1) is 11.2. The molecule has 2 rings (SSSR count). The highest BCUT2D eigenvalue weighted by molar-refractivity contribution is 9.10. The Labute approximate surface area is 150 Å². The average molecular weight is 439 g/mol. The van der Waals surface area contributed by atoms with E-state index in [2.05, 4.69) is 20.7 Å².